The molecule has 0 bridgehead atoms. The van der Waals surface area contributed by atoms with Crippen molar-refractivity contribution >= 4 is 18.0 Å². The first-order chi connectivity index (χ1) is 16.9. The molecular formula is C28H32N2O5. The van der Waals surface area contributed by atoms with Crippen LogP contribution in [0.25, 0.3) is 11.1 Å². The van der Waals surface area contributed by atoms with Crippen LogP contribution in [0, 0.1) is 17.8 Å². The number of carboxylic acid groups (broad SMARTS) is 1. The van der Waals surface area contributed by atoms with Crippen LogP contribution in [0.15, 0.2) is 48.5 Å². The summed E-state index contributed by atoms with van der Waals surface area (Å²) in [7, 11) is 0. The number of benzene rings is 2. The predicted octanol–water partition coefficient (Wildman–Crippen LogP) is 4.26. The number of nitrogens with zero attached hydrogens (tertiary/aromatic N) is 1. The molecule has 7 heteroatoms. The molecular weight excluding hydrogens is 444 g/mol. The Bertz CT molecular complexity index is 1080. The molecule has 0 spiro atoms. The van der Waals surface area contributed by atoms with Crippen molar-refractivity contribution in [1.82, 2.24) is 10.2 Å². The van der Waals surface area contributed by atoms with Gasteiger partial charge in [-0.3, -0.25) is 9.59 Å². The molecule has 5 rings (SSSR count). The van der Waals surface area contributed by atoms with Crippen molar-refractivity contribution < 1.29 is 24.2 Å². The molecule has 1 heterocycles. The number of hydrogen-bond acceptors (Lipinski definition) is 4. The fraction of sp³-hybridized carbons (Fsp3) is 0.464. The van der Waals surface area contributed by atoms with E-state index in [0.29, 0.717) is 13.0 Å². The lowest BCUT2D eigenvalue weighted by Crippen LogP contribution is -2.48. The maximum absolute atomic E-state index is 13.0. The fourth-order valence-electron chi connectivity index (χ4n) is 5.68. The number of rotatable bonds is 7. The lowest BCUT2D eigenvalue weighted by atomic mass is 9.90. The number of likely N-dealkylation sites (tertiary alicyclic amines) is 1. The molecule has 3 aliphatic rings. The lowest BCUT2D eigenvalue weighted by Gasteiger charge is -2.35. The molecule has 1 saturated heterocycles. The van der Waals surface area contributed by atoms with Crippen LogP contribution in [-0.2, 0) is 14.3 Å². The number of nitrogens with one attached hydrogen (secondary N) is 1. The first-order valence-corrected chi connectivity index (χ1v) is 12.5. The third-order valence-electron chi connectivity index (χ3n) is 7.59. The minimum Gasteiger partial charge on any atom is -0.481 e. The molecule has 3 atom stereocenters. The molecule has 3 unspecified atom stereocenters. The van der Waals surface area contributed by atoms with Gasteiger partial charge in [0.15, 0.2) is 0 Å². The van der Waals surface area contributed by atoms with Crippen molar-refractivity contribution in [2.24, 2.45) is 17.8 Å². The van der Waals surface area contributed by atoms with Gasteiger partial charge in [0.05, 0.1) is 5.92 Å². The summed E-state index contributed by atoms with van der Waals surface area (Å²) < 4.78 is 5.69. The molecule has 0 aromatic heterocycles. The van der Waals surface area contributed by atoms with Crippen LogP contribution in [0.1, 0.15) is 49.7 Å². The number of amides is 2. The standard InChI is InChI=1S/C28H32N2O5/c1-17-12-19(27(32)33)15-30(14-17)26(31)13-25(18-10-11-18)29-28(34)35-16-24-22-8-4-2-6-20(22)21-7-3-5-9-23(21)24/h2-9,17-19,24-25H,10-16H2,1H3,(H,29,34)(H,32,33). The number of carbonyl (C=O) groups excluding carboxylic acids is 2. The molecule has 0 radical (unpaired) electrons. The number of fused-ring (bicyclic) bond motifs is 3. The molecule has 2 aliphatic carbocycles. The summed E-state index contributed by atoms with van der Waals surface area (Å²) in [5.41, 5.74) is 4.66. The summed E-state index contributed by atoms with van der Waals surface area (Å²) in [6.07, 6.45) is 2.19. The van der Waals surface area contributed by atoms with E-state index in [1.54, 1.807) is 4.90 Å². The number of ether oxygens (including phenoxy) is 1. The first-order valence-electron chi connectivity index (χ1n) is 12.5. The molecule has 2 N–H and O–H groups in total. The van der Waals surface area contributed by atoms with Crippen LogP contribution in [-0.4, -0.2) is 53.7 Å². The quantitative estimate of drug-likeness (QED) is 0.622. The van der Waals surface area contributed by atoms with Gasteiger partial charge in [-0.1, -0.05) is 55.5 Å². The van der Waals surface area contributed by atoms with Crippen molar-refractivity contribution in [3.63, 3.8) is 0 Å². The summed E-state index contributed by atoms with van der Waals surface area (Å²) in [4.78, 5) is 38.9. The third kappa shape index (κ3) is 5.04. The Balaban J connectivity index is 1.20. The van der Waals surface area contributed by atoms with Gasteiger partial charge in [0, 0.05) is 31.5 Å². The van der Waals surface area contributed by atoms with Crippen LogP contribution >= 0.6 is 0 Å². The average Bonchev–Trinajstić information content (AvgIpc) is 3.65. The van der Waals surface area contributed by atoms with E-state index in [0.717, 1.165) is 24.0 Å². The minimum atomic E-state index is -0.857. The van der Waals surface area contributed by atoms with Gasteiger partial charge in [0.1, 0.15) is 6.61 Å². The monoisotopic (exact) mass is 476 g/mol. The fourth-order valence-corrected chi connectivity index (χ4v) is 5.68. The normalized spacial score (nSPS) is 22.1. The number of piperidine rings is 1. The van der Waals surface area contributed by atoms with Gasteiger partial charge in [0.2, 0.25) is 5.91 Å². The molecule has 1 saturated carbocycles. The van der Waals surface area contributed by atoms with Gasteiger partial charge in [-0.25, -0.2) is 4.79 Å². The molecule has 2 fully saturated rings. The van der Waals surface area contributed by atoms with Crippen molar-refractivity contribution in [3.05, 3.63) is 59.7 Å². The summed E-state index contributed by atoms with van der Waals surface area (Å²) in [6.45, 7) is 3.00. The first kappa shape index (κ1) is 23.4. The van der Waals surface area contributed by atoms with E-state index in [9.17, 15) is 19.5 Å². The van der Waals surface area contributed by atoms with Gasteiger partial charge >= 0.3 is 12.1 Å². The molecule has 7 nitrogen and oxygen atoms in total. The predicted molar refractivity (Wildman–Crippen MR) is 131 cm³/mol. The zero-order valence-corrected chi connectivity index (χ0v) is 20.0. The van der Waals surface area contributed by atoms with Crippen LogP contribution < -0.4 is 5.32 Å². The molecule has 2 aromatic rings. The topological polar surface area (TPSA) is 95.9 Å². The highest BCUT2D eigenvalue weighted by Crippen LogP contribution is 2.44. The largest absolute Gasteiger partial charge is 0.481 e. The van der Waals surface area contributed by atoms with Crippen LogP contribution in [0.4, 0.5) is 4.79 Å². The zero-order valence-electron chi connectivity index (χ0n) is 20.0. The minimum absolute atomic E-state index is 0.0167. The van der Waals surface area contributed by atoms with Gasteiger partial charge < -0.3 is 20.1 Å². The average molecular weight is 477 g/mol. The van der Waals surface area contributed by atoms with Gasteiger partial charge in [0.25, 0.3) is 0 Å². The number of carbonyl (C=O) groups is 3. The van der Waals surface area contributed by atoms with Crippen LogP contribution in [0.3, 0.4) is 0 Å². The van der Waals surface area contributed by atoms with E-state index >= 15 is 0 Å². The van der Waals surface area contributed by atoms with Crippen molar-refractivity contribution in [3.8, 4) is 11.1 Å². The maximum Gasteiger partial charge on any atom is 0.407 e. The van der Waals surface area contributed by atoms with Crippen LogP contribution in [0.5, 0.6) is 0 Å². The Labute approximate surface area is 205 Å². The molecule has 2 aromatic carbocycles. The molecule has 1 aliphatic heterocycles. The summed E-state index contributed by atoms with van der Waals surface area (Å²) in [5.74, 6) is -1.10. The Morgan fingerprint density at radius 3 is 2.26 bits per heavy atom. The third-order valence-corrected chi connectivity index (χ3v) is 7.59. The Morgan fingerprint density at radius 2 is 1.66 bits per heavy atom. The zero-order chi connectivity index (χ0) is 24.5. The summed E-state index contributed by atoms with van der Waals surface area (Å²) in [5, 5.41) is 12.4. The number of alkyl carbamates (subject to hydrolysis) is 1. The Morgan fingerprint density at radius 1 is 1.03 bits per heavy atom. The van der Waals surface area contributed by atoms with E-state index in [2.05, 4.69) is 29.6 Å². The van der Waals surface area contributed by atoms with E-state index < -0.39 is 18.0 Å². The lowest BCUT2D eigenvalue weighted by molar-refractivity contribution is -0.147. The highest BCUT2D eigenvalue weighted by Gasteiger charge is 2.38. The van der Waals surface area contributed by atoms with Crippen molar-refractivity contribution in [2.45, 2.75) is 44.6 Å². The number of aliphatic carboxylic acids is 1. The van der Waals surface area contributed by atoms with E-state index in [-0.39, 0.29) is 49.3 Å². The van der Waals surface area contributed by atoms with E-state index in [1.165, 1.54) is 11.1 Å². The molecule has 184 valence electrons. The Hall–Kier alpha value is -3.35. The number of carboxylic acids is 1. The van der Waals surface area contributed by atoms with Gasteiger partial charge in [-0.15, -0.1) is 0 Å². The maximum atomic E-state index is 13.0. The van der Waals surface area contributed by atoms with Gasteiger partial charge in [-0.2, -0.15) is 0 Å². The second kappa shape index (κ2) is 9.72. The second-order valence-electron chi connectivity index (χ2n) is 10.3. The van der Waals surface area contributed by atoms with Crippen molar-refractivity contribution in [1.29, 1.82) is 0 Å². The molecule has 35 heavy (non-hydrogen) atoms. The highest BCUT2D eigenvalue weighted by atomic mass is 16.5. The molecule has 2 amide bonds. The van der Waals surface area contributed by atoms with Crippen molar-refractivity contribution in [2.75, 3.05) is 19.7 Å². The van der Waals surface area contributed by atoms with Gasteiger partial charge in [-0.05, 0) is 53.4 Å². The smallest absolute Gasteiger partial charge is 0.407 e. The summed E-state index contributed by atoms with van der Waals surface area (Å²) >= 11 is 0. The van der Waals surface area contributed by atoms with E-state index in [4.69, 9.17) is 4.74 Å². The second-order valence-corrected chi connectivity index (χ2v) is 10.3. The Kier molecular flexibility index (Phi) is 6.50. The SMILES string of the molecule is CC1CC(C(=O)O)CN(C(=O)CC(NC(=O)OCC2c3ccccc3-c3ccccc32)C2CC2)C1. The van der Waals surface area contributed by atoms with Crippen LogP contribution in [0.2, 0.25) is 0 Å². The highest BCUT2D eigenvalue weighted by molar-refractivity contribution is 5.80. The number of hydrogen-bond donors (Lipinski definition) is 2. The van der Waals surface area contributed by atoms with E-state index in [1.807, 2.05) is 31.2 Å². The summed E-state index contributed by atoms with van der Waals surface area (Å²) in [6, 6.07) is 16.1.